The fourth-order valence-electron chi connectivity index (χ4n) is 2.27. The molecule has 0 aliphatic heterocycles. The molecule has 0 saturated carbocycles. The van der Waals surface area contributed by atoms with Gasteiger partial charge in [0, 0.05) is 11.6 Å². The lowest BCUT2D eigenvalue weighted by Crippen LogP contribution is -2.38. The van der Waals surface area contributed by atoms with Crippen LogP contribution in [0.4, 0.5) is 0 Å². The Hall–Kier alpha value is -2.04. The van der Waals surface area contributed by atoms with Crippen molar-refractivity contribution in [2.24, 2.45) is 0 Å². The van der Waals surface area contributed by atoms with Crippen molar-refractivity contribution >= 4 is 17.5 Å². The lowest BCUT2D eigenvalue weighted by molar-refractivity contribution is -0.122. The maximum atomic E-state index is 12.0. The van der Waals surface area contributed by atoms with E-state index < -0.39 is 0 Å². The number of hydrogen-bond donors (Lipinski definition) is 1. The highest BCUT2D eigenvalue weighted by atomic mass is 35.5. The van der Waals surface area contributed by atoms with E-state index in [9.17, 15) is 4.79 Å². The van der Waals surface area contributed by atoms with Crippen LogP contribution in [0.2, 0.25) is 5.02 Å². The predicted molar refractivity (Wildman–Crippen MR) is 97.3 cm³/mol. The zero-order valence-electron chi connectivity index (χ0n) is 13.9. The first kappa shape index (κ1) is 18.3. The Labute approximate surface area is 148 Å². The zero-order valence-corrected chi connectivity index (χ0v) is 14.6. The van der Waals surface area contributed by atoms with E-state index >= 15 is 0 Å². The Kier molecular flexibility index (Phi) is 7.59. The number of halogens is 1. The van der Waals surface area contributed by atoms with Crippen molar-refractivity contribution < 1.29 is 9.53 Å². The third-order valence-corrected chi connectivity index (χ3v) is 3.82. The van der Waals surface area contributed by atoms with E-state index in [1.165, 1.54) is 5.56 Å². The Morgan fingerprint density at radius 3 is 2.50 bits per heavy atom. The first-order valence-corrected chi connectivity index (χ1v) is 8.46. The summed E-state index contributed by atoms with van der Waals surface area (Å²) < 4.78 is 5.55. The van der Waals surface area contributed by atoms with Gasteiger partial charge >= 0.3 is 0 Å². The number of ether oxygens (including phenoxy) is 1. The molecule has 0 atom stereocenters. The van der Waals surface area contributed by atoms with Crippen LogP contribution in [-0.4, -0.2) is 37.0 Å². The van der Waals surface area contributed by atoms with Gasteiger partial charge in [-0.3, -0.25) is 9.69 Å². The van der Waals surface area contributed by atoms with Crippen molar-refractivity contribution in [3.8, 4) is 5.75 Å². The second kappa shape index (κ2) is 9.96. The van der Waals surface area contributed by atoms with E-state index in [1.807, 2.05) is 30.3 Å². The largest absolute Gasteiger partial charge is 0.492 e. The molecule has 5 heteroatoms. The van der Waals surface area contributed by atoms with Crippen LogP contribution in [0.15, 0.2) is 54.6 Å². The van der Waals surface area contributed by atoms with Crippen LogP contribution >= 0.6 is 11.6 Å². The average molecular weight is 347 g/mol. The number of rotatable bonds is 9. The summed E-state index contributed by atoms with van der Waals surface area (Å²) in [5, 5.41) is 3.56. The highest BCUT2D eigenvalue weighted by Gasteiger charge is 2.09. The topological polar surface area (TPSA) is 41.6 Å². The van der Waals surface area contributed by atoms with Gasteiger partial charge in [-0.25, -0.2) is 0 Å². The van der Waals surface area contributed by atoms with Gasteiger partial charge in [-0.05, 0) is 36.4 Å². The molecule has 2 aromatic carbocycles. The molecule has 0 spiro atoms. The fourth-order valence-corrected chi connectivity index (χ4v) is 2.40. The third-order valence-electron chi connectivity index (χ3n) is 3.57. The second-order valence-electron chi connectivity index (χ2n) is 5.44. The van der Waals surface area contributed by atoms with Gasteiger partial charge in [0.05, 0.1) is 13.1 Å². The van der Waals surface area contributed by atoms with Crippen molar-refractivity contribution in [3.63, 3.8) is 0 Å². The normalized spacial score (nSPS) is 10.6. The molecule has 128 valence electrons. The SMILES string of the molecule is CCN(CC(=O)NCCOc1ccc(Cl)cc1)Cc1ccccc1. The smallest absolute Gasteiger partial charge is 0.234 e. The Morgan fingerprint density at radius 1 is 1.12 bits per heavy atom. The third kappa shape index (κ3) is 6.60. The fraction of sp³-hybridized carbons (Fsp3) is 0.316. The second-order valence-corrected chi connectivity index (χ2v) is 5.88. The molecule has 1 N–H and O–H groups in total. The summed E-state index contributed by atoms with van der Waals surface area (Å²) in [6, 6.07) is 17.3. The van der Waals surface area contributed by atoms with E-state index in [2.05, 4.69) is 29.3 Å². The monoisotopic (exact) mass is 346 g/mol. The van der Waals surface area contributed by atoms with Crippen molar-refractivity contribution in [1.82, 2.24) is 10.2 Å². The number of carbonyl (C=O) groups is 1. The molecule has 0 unspecified atom stereocenters. The van der Waals surface area contributed by atoms with Gasteiger partial charge in [0.2, 0.25) is 5.91 Å². The summed E-state index contributed by atoms with van der Waals surface area (Å²) in [7, 11) is 0. The van der Waals surface area contributed by atoms with Crippen molar-refractivity contribution in [1.29, 1.82) is 0 Å². The van der Waals surface area contributed by atoms with E-state index in [0.717, 1.165) is 18.8 Å². The highest BCUT2D eigenvalue weighted by Crippen LogP contribution is 2.15. The molecule has 2 aromatic rings. The number of carbonyl (C=O) groups excluding carboxylic acids is 1. The number of nitrogens with one attached hydrogen (secondary N) is 1. The number of nitrogens with zero attached hydrogens (tertiary/aromatic N) is 1. The van der Waals surface area contributed by atoms with Gasteiger partial charge in [-0.1, -0.05) is 48.9 Å². The van der Waals surface area contributed by atoms with E-state index in [4.69, 9.17) is 16.3 Å². The summed E-state index contributed by atoms with van der Waals surface area (Å²) in [5.74, 6) is 0.750. The number of benzene rings is 2. The Morgan fingerprint density at radius 2 is 1.83 bits per heavy atom. The molecule has 0 aliphatic carbocycles. The van der Waals surface area contributed by atoms with Gasteiger partial charge in [0.15, 0.2) is 0 Å². The van der Waals surface area contributed by atoms with Crippen LogP contribution in [0, 0.1) is 0 Å². The van der Waals surface area contributed by atoms with Gasteiger partial charge < -0.3 is 10.1 Å². The standard InChI is InChI=1S/C19H23ClN2O2/c1-2-22(14-16-6-4-3-5-7-16)15-19(23)21-12-13-24-18-10-8-17(20)9-11-18/h3-11H,2,12-15H2,1H3,(H,21,23). The number of likely N-dealkylation sites (N-methyl/N-ethyl adjacent to an activating group) is 1. The molecular weight excluding hydrogens is 324 g/mol. The lowest BCUT2D eigenvalue weighted by Gasteiger charge is -2.20. The minimum absolute atomic E-state index is 0.00693. The van der Waals surface area contributed by atoms with Gasteiger partial charge in [0.1, 0.15) is 12.4 Å². The van der Waals surface area contributed by atoms with Crippen LogP contribution in [0.3, 0.4) is 0 Å². The Bertz CT molecular complexity index is 617. The molecule has 0 aromatic heterocycles. The van der Waals surface area contributed by atoms with Crippen LogP contribution in [0.25, 0.3) is 0 Å². The summed E-state index contributed by atoms with van der Waals surface area (Å²) in [6.45, 7) is 4.93. The van der Waals surface area contributed by atoms with Crippen LogP contribution in [0.1, 0.15) is 12.5 Å². The van der Waals surface area contributed by atoms with E-state index in [0.29, 0.717) is 24.7 Å². The molecule has 0 aliphatic rings. The average Bonchev–Trinajstić information content (AvgIpc) is 2.60. The molecule has 4 nitrogen and oxygen atoms in total. The summed E-state index contributed by atoms with van der Waals surface area (Å²) in [5.41, 5.74) is 1.21. The first-order valence-electron chi connectivity index (χ1n) is 8.08. The number of hydrogen-bond acceptors (Lipinski definition) is 3. The summed E-state index contributed by atoms with van der Waals surface area (Å²) in [6.07, 6.45) is 0. The molecule has 0 radical (unpaired) electrons. The van der Waals surface area contributed by atoms with Crippen LogP contribution in [-0.2, 0) is 11.3 Å². The van der Waals surface area contributed by atoms with E-state index in [-0.39, 0.29) is 5.91 Å². The molecule has 24 heavy (non-hydrogen) atoms. The molecule has 0 fully saturated rings. The summed E-state index contributed by atoms with van der Waals surface area (Å²) >= 11 is 5.82. The van der Waals surface area contributed by atoms with Crippen molar-refractivity contribution in [2.75, 3.05) is 26.2 Å². The van der Waals surface area contributed by atoms with Crippen molar-refractivity contribution in [3.05, 3.63) is 65.2 Å². The summed E-state index contributed by atoms with van der Waals surface area (Å²) in [4.78, 5) is 14.1. The molecule has 0 saturated heterocycles. The maximum Gasteiger partial charge on any atom is 0.234 e. The van der Waals surface area contributed by atoms with Gasteiger partial charge in [0.25, 0.3) is 0 Å². The van der Waals surface area contributed by atoms with E-state index in [1.54, 1.807) is 12.1 Å². The first-order chi connectivity index (χ1) is 11.7. The predicted octanol–water partition coefficient (Wildman–Crippen LogP) is 3.36. The minimum atomic E-state index is 0.00693. The lowest BCUT2D eigenvalue weighted by atomic mass is 10.2. The van der Waals surface area contributed by atoms with Crippen LogP contribution < -0.4 is 10.1 Å². The molecule has 2 rings (SSSR count). The minimum Gasteiger partial charge on any atom is -0.492 e. The van der Waals surface area contributed by atoms with Gasteiger partial charge in [-0.15, -0.1) is 0 Å². The highest BCUT2D eigenvalue weighted by molar-refractivity contribution is 6.30. The Balaban J connectivity index is 1.67. The quantitative estimate of drug-likeness (QED) is 0.708. The molecular formula is C19H23ClN2O2. The molecule has 0 bridgehead atoms. The molecule has 0 heterocycles. The number of amides is 1. The zero-order chi connectivity index (χ0) is 17.2. The molecule has 1 amide bonds. The van der Waals surface area contributed by atoms with Gasteiger partial charge in [-0.2, -0.15) is 0 Å². The van der Waals surface area contributed by atoms with Crippen LogP contribution in [0.5, 0.6) is 5.75 Å². The van der Waals surface area contributed by atoms with Crippen molar-refractivity contribution in [2.45, 2.75) is 13.5 Å². The maximum absolute atomic E-state index is 12.0.